The Morgan fingerprint density at radius 3 is 2.19 bits per heavy atom. The number of aromatic nitrogens is 1. The molecule has 3 amide bonds. The second-order valence-corrected chi connectivity index (χ2v) is 9.29. The topological polar surface area (TPSA) is 91.4 Å². The first kappa shape index (κ1) is 26.6. The van der Waals surface area contributed by atoms with E-state index in [0.717, 1.165) is 16.7 Å². The molecule has 0 aliphatic rings. The Balaban J connectivity index is 1.97. The molecule has 0 saturated carbocycles. The molecule has 0 aliphatic carbocycles. The summed E-state index contributed by atoms with van der Waals surface area (Å²) >= 11 is 0. The van der Waals surface area contributed by atoms with Crippen LogP contribution in [-0.2, 0) is 14.4 Å². The molecule has 2 aromatic carbocycles. The van der Waals surface area contributed by atoms with Gasteiger partial charge in [0.25, 0.3) is 0 Å². The van der Waals surface area contributed by atoms with Gasteiger partial charge in [0.2, 0.25) is 17.7 Å². The number of benzene rings is 2. The average molecular weight is 487 g/mol. The Kier molecular flexibility index (Phi) is 8.95. The minimum Gasteiger partial charge on any atom is -0.352 e. The molecule has 1 heterocycles. The summed E-state index contributed by atoms with van der Waals surface area (Å²) in [6, 6.07) is 17.6. The van der Waals surface area contributed by atoms with E-state index in [4.69, 9.17) is 0 Å². The highest BCUT2D eigenvalue weighted by Crippen LogP contribution is 2.32. The first-order valence-corrected chi connectivity index (χ1v) is 12.1. The molecule has 0 spiro atoms. The van der Waals surface area contributed by atoms with Gasteiger partial charge in [-0.15, -0.1) is 0 Å². The number of aryl methyl sites for hydroxylation is 3. The van der Waals surface area contributed by atoms with Gasteiger partial charge in [-0.2, -0.15) is 0 Å². The van der Waals surface area contributed by atoms with E-state index in [-0.39, 0.29) is 36.6 Å². The van der Waals surface area contributed by atoms with Gasteiger partial charge in [0.15, 0.2) is 0 Å². The highest BCUT2D eigenvalue weighted by Gasteiger charge is 2.33. The van der Waals surface area contributed by atoms with Crippen molar-refractivity contribution in [2.24, 2.45) is 0 Å². The van der Waals surface area contributed by atoms with Gasteiger partial charge in [0.05, 0.1) is 0 Å². The van der Waals surface area contributed by atoms with Crippen molar-refractivity contribution in [3.8, 4) is 0 Å². The van der Waals surface area contributed by atoms with Crippen LogP contribution in [0.3, 0.4) is 0 Å². The molecule has 7 nitrogen and oxygen atoms in total. The molecular weight excluding hydrogens is 452 g/mol. The average Bonchev–Trinajstić information content (AvgIpc) is 2.82. The quantitative estimate of drug-likeness (QED) is 0.444. The molecule has 1 atom stereocenters. The summed E-state index contributed by atoms with van der Waals surface area (Å²) in [6.45, 7) is 9.64. The van der Waals surface area contributed by atoms with Crippen molar-refractivity contribution >= 4 is 29.2 Å². The lowest BCUT2D eigenvalue weighted by Crippen LogP contribution is -2.46. The summed E-state index contributed by atoms with van der Waals surface area (Å²) in [5, 5.41) is 5.68. The number of nitrogens with zero attached hydrogens (tertiary/aromatic N) is 2. The van der Waals surface area contributed by atoms with E-state index in [1.54, 1.807) is 24.4 Å². The van der Waals surface area contributed by atoms with Crippen LogP contribution < -0.4 is 15.5 Å². The van der Waals surface area contributed by atoms with E-state index >= 15 is 0 Å². The van der Waals surface area contributed by atoms with Crippen LogP contribution >= 0.6 is 0 Å². The van der Waals surface area contributed by atoms with Crippen LogP contribution in [0.4, 0.5) is 11.5 Å². The second-order valence-electron chi connectivity index (χ2n) is 9.29. The minimum atomic E-state index is -0.888. The largest absolute Gasteiger partial charge is 0.352 e. The molecular formula is C29H34N4O3. The number of anilines is 2. The van der Waals surface area contributed by atoms with Gasteiger partial charge in [-0.25, -0.2) is 4.98 Å². The van der Waals surface area contributed by atoms with Gasteiger partial charge in [-0.05, 0) is 63.9 Å². The maximum Gasteiger partial charge on any atom is 0.248 e. The molecule has 0 radical (unpaired) electrons. The molecule has 7 heteroatoms. The van der Waals surface area contributed by atoms with E-state index in [1.165, 1.54) is 4.90 Å². The third kappa shape index (κ3) is 7.01. The zero-order chi connectivity index (χ0) is 26.2. The summed E-state index contributed by atoms with van der Waals surface area (Å²) in [4.78, 5) is 45.5. The smallest absolute Gasteiger partial charge is 0.248 e. The molecule has 3 rings (SSSR count). The van der Waals surface area contributed by atoms with Crippen LogP contribution in [0.2, 0.25) is 0 Å². The zero-order valence-corrected chi connectivity index (χ0v) is 21.5. The number of carbonyl (C=O) groups is 3. The highest BCUT2D eigenvalue weighted by molar-refractivity contribution is 6.03. The monoisotopic (exact) mass is 486 g/mol. The van der Waals surface area contributed by atoms with Gasteiger partial charge in [-0.1, -0.05) is 53.6 Å². The summed E-state index contributed by atoms with van der Waals surface area (Å²) < 4.78 is 0. The fourth-order valence-corrected chi connectivity index (χ4v) is 4.01. The van der Waals surface area contributed by atoms with E-state index in [2.05, 4.69) is 15.6 Å². The molecule has 0 fully saturated rings. The second kappa shape index (κ2) is 12.1. The maximum atomic E-state index is 13.8. The first-order chi connectivity index (χ1) is 17.2. The maximum absolute atomic E-state index is 13.8. The van der Waals surface area contributed by atoms with Crippen LogP contribution in [0.5, 0.6) is 0 Å². The number of hydrogen-bond acceptors (Lipinski definition) is 4. The third-order valence-corrected chi connectivity index (χ3v) is 5.71. The van der Waals surface area contributed by atoms with Crippen molar-refractivity contribution in [1.82, 2.24) is 10.3 Å². The van der Waals surface area contributed by atoms with Crippen LogP contribution in [-0.4, -0.2) is 28.7 Å². The van der Waals surface area contributed by atoms with E-state index in [9.17, 15) is 14.4 Å². The molecule has 0 aliphatic heterocycles. The summed E-state index contributed by atoms with van der Waals surface area (Å²) in [5.41, 5.74) is 4.32. The van der Waals surface area contributed by atoms with Gasteiger partial charge in [0.1, 0.15) is 11.9 Å². The Morgan fingerprint density at radius 1 is 0.889 bits per heavy atom. The van der Waals surface area contributed by atoms with Gasteiger partial charge in [0, 0.05) is 30.8 Å². The van der Waals surface area contributed by atoms with Crippen molar-refractivity contribution in [1.29, 1.82) is 0 Å². The van der Waals surface area contributed by atoms with Crippen LogP contribution in [0.15, 0.2) is 66.9 Å². The Labute approximate surface area is 212 Å². The predicted molar refractivity (Wildman–Crippen MR) is 143 cm³/mol. The van der Waals surface area contributed by atoms with Crippen molar-refractivity contribution in [3.63, 3.8) is 0 Å². The fourth-order valence-electron chi connectivity index (χ4n) is 4.01. The molecule has 2 N–H and O–H groups in total. The highest BCUT2D eigenvalue weighted by atomic mass is 16.2. The third-order valence-electron chi connectivity index (χ3n) is 5.71. The number of hydrogen-bond donors (Lipinski definition) is 2. The lowest BCUT2D eigenvalue weighted by molar-refractivity contribution is -0.127. The number of nitrogens with one attached hydrogen (secondary N) is 2. The van der Waals surface area contributed by atoms with E-state index in [1.807, 2.05) is 77.1 Å². The van der Waals surface area contributed by atoms with E-state index in [0.29, 0.717) is 17.1 Å². The molecule has 3 aromatic rings. The molecule has 188 valence electrons. The first-order valence-electron chi connectivity index (χ1n) is 12.1. The molecule has 36 heavy (non-hydrogen) atoms. The van der Waals surface area contributed by atoms with Gasteiger partial charge < -0.3 is 10.6 Å². The Morgan fingerprint density at radius 2 is 1.58 bits per heavy atom. The van der Waals surface area contributed by atoms with Crippen LogP contribution in [0, 0.1) is 20.8 Å². The van der Waals surface area contributed by atoms with Gasteiger partial charge in [-0.3, -0.25) is 19.3 Å². The number of pyridine rings is 1. The van der Waals surface area contributed by atoms with E-state index < -0.39 is 6.04 Å². The summed E-state index contributed by atoms with van der Waals surface area (Å²) in [6.07, 6.45) is 1.48. The Bertz CT molecular complexity index is 1210. The van der Waals surface area contributed by atoms with Crippen molar-refractivity contribution in [2.75, 3.05) is 10.2 Å². The molecule has 0 saturated heterocycles. The van der Waals surface area contributed by atoms with Gasteiger partial charge >= 0.3 is 0 Å². The Hall–Kier alpha value is -4.00. The van der Waals surface area contributed by atoms with Crippen molar-refractivity contribution in [3.05, 3.63) is 89.1 Å². The SMILES string of the molecule is Cc1ccc([C@@H](C(=O)NC(C)C)N(C(=O)CCC(=O)Nc2ccccn2)c2ccc(C)cc2C)cc1. The fraction of sp³-hybridized carbons (Fsp3) is 0.310. The van der Waals surface area contributed by atoms with Crippen molar-refractivity contribution < 1.29 is 14.4 Å². The molecule has 1 aromatic heterocycles. The minimum absolute atomic E-state index is 0.0385. The number of amides is 3. The molecule has 0 unspecified atom stereocenters. The lowest BCUT2D eigenvalue weighted by Gasteiger charge is -2.33. The van der Waals surface area contributed by atoms with Crippen LogP contribution in [0.25, 0.3) is 0 Å². The zero-order valence-electron chi connectivity index (χ0n) is 21.5. The number of carbonyl (C=O) groups excluding carboxylic acids is 3. The molecule has 0 bridgehead atoms. The van der Waals surface area contributed by atoms with Crippen molar-refractivity contribution in [2.45, 2.75) is 59.5 Å². The summed E-state index contributed by atoms with van der Waals surface area (Å²) in [7, 11) is 0. The van der Waals surface area contributed by atoms with Crippen LogP contribution in [0.1, 0.15) is 55.0 Å². The lowest BCUT2D eigenvalue weighted by atomic mass is 9.99. The normalized spacial score (nSPS) is 11.6. The number of rotatable bonds is 9. The summed E-state index contributed by atoms with van der Waals surface area (Å²) in [5.74, 6) is -0.487. The predicted octanol–water partition coefficient (Wildman–Crippen LogP) is 5.02. The standard InChI is InChI=1S/C29H34N4O3/c1-19(2)31-29(36)28(23-12-9-20(3)10-13-23)33(24-14-11-21(4)18-22(24)5)27(35)16-15-26(34)32-25-8-6-7-17-30-25/h6-14,17-19,28H,15-16H2,1-5H3,(H,31,36)(H,30,32,34)/t28-/m0/s1.